The van der Waals surface area contributed by atoms with Crippen LogP contribution in [0.5, 0.6) is 0 Å². The van der Waals surface area contributed by atoms with Gasteiger partial charge in [0.25, 0.3) is 0 Å². The summed E-state index contributed by atoms with van der Waals surface area (Å²) >= 11 is 0. The highest BCUT2D eigenvalue weighted by Crippen LogP contribution is 2.51. The normalized spacial score (nSPS) is 11.5. The molecular formula is C5H14O4P2. The Morgan fingerprint density at radius 2 is 1.00 bits per heavy atom. The second-order valence-corrected chi connectivity index (χ2v) is 5.46. The Kier molecular flexibility index (Phi) is 7.82. The molecule has 4 nitrogen and oxygen atoms in total. The molecule has 0 bridgehead atoms. The maximum atomic E-state index is 5.03. The van der Waals surface area contributed by atoms with Gasteiger partial charge in [-0.05, 0) is 0 Å². The Bertz CT molecular complexity index is 74.6. The highest BCUT2D eigenvalue weighted by Gasteiger charge is 2.15. The molecule has 0 aromatic heterocycles. The van der Waals surface area contributed by atoms with E-state index in [1.165, 1.54) is 0 Å². The molecule has 0 fully saturated rings. The summed E-state index contributed by atoms with van der Waals surface area (Å²) in [6.45, 7) is 0. The van der Waals surface area contributed by atoms with E-state index in [-0.39, 0.29) is 0 Å². The van der Waals surface area contributed by atoms with E-state index >= 15 is 0 Å². The Morgan fingerprint density at radius 3 is 1.18 bits per heavy atom. The zero-order chi connectivity index (χ0) is 8.69. The van der Waals surface area contributed by atoms with Crippen LogP contribution in [-0.4, -0.2) is 34.3 Å². The smallest absolute Gasteiger partial charge is 0.179 e. The van der Waals surface area contributed by atoms with E-state index in [0.717, 1.165) is 0 Å². The van der Waals surface area contributed by atoms with Crippen LogP contribution < -0.4 is 0 Å². The van der Waals surface area contributed by atoms with Crippen molar-refractivity contribution in [1.29, 1.82) is 0 Å². The fourth-order valence-corrected chi connectivity index (χ4v) is 3.37. The van der Waals surface area contributed by atoms with Gasteiger partial charge in [-0.15, -0.1) is 0 Å². The van der Waals surface area contributed by atoms with Crippen LogP contribution in [0.25, 0.3) is 0 Å². The summed E-state index contributed by atoms with van der Waals surface area (Å²) in [5.74, 6) is 0.699. The van der Waals surface area contributed by atoms with Gasteiger partial charge in [0.15, 0.2) is 16.8 Å². The predicted octanol–water partition coefficient (Wildman–Crippen LogP) is 2.15. The van der Waals surface area contributed by atoms with Crippen LogP contribution in [0.2, 0.25) is 0 Å². The van der Waals surface area contributed by atoms with Crippen LogP contribution in [-0.2, 0) is 18.1 Å². The van der Waals surface area contributed by atoms with E-state index < -0.39 is 16.8 Å². The molecule has 0 saturated carbocycles. The van der Waals surface area contributed by atoms with Crippen molar-refractivity contribution >= 4 is 16.8 Å². The van der Waals surface area contributed by atoms with Gasteiger partial charge in [-0.1, -0.05) is 0 Å². The van der Waals surface area contributed by atoms with Crippen molar-refractivity contribution in [3.05, 3.63) is 0 Å². The lowest BCUT2D eigenvalue weighted by atomic mass is 11.8. The summed E-state index contributed by atoms with van der Waals surface area (Å²) in [7, 11) is 4.82. The fraction of sp³-hybridized carbons (Fsp3) is 1.00. The van der Waals surface area contributed by atoms with E-state index in [2.05, 4.69) is 0 Å². The van der Waals surface area contributed by atoms with Crippen LogP contribution in [0.3, 0.4) is 0 Å². The molecule has 0 rings (SSSR count). The topological polar surface area (TPSA) is 36.9 Å². The second kappa shape index (κ2) is 7.35. The lowest BCUT2D eigenvalue weighted by molar-refractivity contribution is 0.327. The van der Waals surface area contributed by atoms with E-state index in [1.807, 2.05) is 0 Å². The van der Waals surface area contributed by atoms with Crippen LogP contribution in [0.4, 0.5) is 0 Å². The van der Waals surface area contributed by atoms with Crippen molar-refractivity contribution < 1.29 is 18.1 Å². The van der Waals surface area contributed by atoms with E-state index in [4.69, 9.17) is 18.1 Å². The van der Waals surface area contributed by atoms with E-state index in [9.17, 15) is 0 Å². The van der Waals surface area contributed by atoms with Crippen molar-refractivity contribution in [2.75, 3.05) is 34.3 Å². The van der Waals surface area contributed by atoms with Gasteiger partial charge in [-0.3, -0.25) is 0 Å². The summed E-state index contributed by atoms with van der Waals surface area (Å²) in [5.41, 5.74) is 0. The SMILES string of the molecule is COP(CP(OC)OC)OC. The molecule has 0 amide bonds. The summed E-state index contributed by atoms with van der Waals surface area (Å²) in [6, 6.07) is 0. The highest BCUT2D eigenvalue weighted by atomic mass is 31.2. The van der Waals surface area contributed by atoms with Gasteiger partial charge in [0, 0.05) is 28.4 Å². The summed E-state index contributed by atoms with van der Waals surface area (Å²) in [4.78, 5) is 0. The molecule has 0 radical (unpaired) electrons. The molecule has 0 N–H and O–H groups in total. The Balaban J connectivity index is 3.58. The zero-order valence-electron chi connectivity index (χ0n) is 7.23. The van der Waals surface area contributed by atoms with Crippen LogP contribution in [0.1, 0.15) is 0 Å². The molecule has 6 heteroatoms. The van der Waals surface area contributed by atoms with Gasteiger partial charge < -0.3 is 18.1 Å². The summed E-state index contributed by atoms with van der Waals surface area (Å²) in [5, 5.41) is 0. The Morgan fingerprint density at radius 1 is 0.727 bits per heavy atom. The number of hydrogen-bond acceptors (Lipinski definition) is 4. The van der Waals surface area contributed by atoms with E-state index in [0.29, 0.717) is 5.90 Å². The predicted molar refractivity (Wildman–Crippen MR) is 46.7 cm³/mol. The quantitative estimate of drug-likeness (QED) is 0.615. The molecule has 0 aromatic rings. The van der Waals surface area contributed by atoms with Gasteiger partial charge in [0.1, 0.15) is 0 Å². The van der Waals surface area contributed by atoms with Crippen LogP contribution in [0, 0.1) is 0 Å². The molecule has 0 saturated heterocycles. The van der Waals surface area contributed by atoms with Crippen molar-refractivity contribution in [2.24, 2.45) is 0 Å². The molecule has 0 aromatic carbocycles. The Hall–Kier alpha value is 0.700. The zero-order valence-corrected chi connectivity index (χ0v) is 9.02. The Labute approximate surface area is 70.0 Å². The van der Waals surface area contributed by atoms with Crippen molar-refractivity contribution in [3.63, 3.8) is 0 Å². The molecule has 0 aliphatic rings. The molecule has 0 atom stereocenters. The molecule has 0 heterocycles. The standard InChI is InChI=1S/C5H14O4P2/c1-6-10(7-2)5-11(8-3)9-4/h5H2,1-4H3. The maximum absolute atomic E-state index is 5.03. The van der Waals surface area contributed by atoms with E-state index in [1.54, 1.807) is 28.4 Å². The third-order valence-electron chi connectivity index (χ3n) is 1.05. The van der Waals surface area contributed by atoms with Gasteiger partial charge in [0.2, 0.25) is 0 Å². The molecule has 0 unspecified atom stereocenters. The van der Waals surface area contributed by atoms with Gasteiger partial charge in [-0.2, -0.15) is 0 Å². The third kappa shape index (κ3) is 5.02. The molecule has 11 heavy (non-hydrogen) atoms. The first kappa shape index (κ1) is 11.7. The molecule has 0 spiro atoms. The van der Waals surface area contributed by atoms with Crippen molar-refractivity contribution in [3.8, 4) is 0 Å². The lowest BCUT2D eigenvalue weighted by Gasteiger charge is -2.16. The van der Waals surface area contributed by atoms with Gasteiger partial charge in [-0.25, -0.2) is 0 Å². The lowest BCUT2D eigenvalue weighted by Crippen LogP contribution is -1.91. The molecule has 0 aliphatic heterocycles. The fourth-order valence-electron chi connectivity index (χ4n) is 0.474. The number of rotatable bonds is 6. The molecular weight excluding hydrogens is 186 g/mol. The van der Waals surface area contributed by atoms with Crippen LogP contribution >= 0.6 is 16.8 Å². The first-order chi connectivity index (χ1) is 5.28. The van der Waals surface area contributed by atoms with Crippen molar-refractivity contribution in [2.45, 2.75) is 0 Å². The first-order valence-electron chi connectivity index (χ1n) is 3.00. The van der Waals surface area contributed by atoms with Crippen LogP contribution in [0.15, 0.2) is 0 Å². The minimum absolute atomic E-state index is 0.699. The maximum Gasteiger partial charge on any atom is 0.179 e. The highest BCUT2D eigenvalue weighted by molar-refractivity contribution is 7.65. The largest absolute Gasteiger partial charge is 0.337 e. The summed E-state index contributed by atoms with van der Waals surface area (Å²) in [6.07, 6.45) is 0. The second-order valence-electron chi connectivity index (χ2n) is 1.54. The minimum atomic E-state index is -0.828. The van der Waals surface area contributed by atoms with Crippen molar-refractivity contribution in [1.82, 2.24) is 0 Å². The number of hydrogen-bond donors (Lipinski definition) is 0. The average molecular weight is 200 g/mol. The summed E-state index contributed by atoms with van der Waals surface area (Å²) < 4.78 is 20.1. The average Bonchev–Trinajstić information content (AvgIpc) is 2.07. The minimum Gasteiger partial charge on any atom is -0.337 e. The van der Waals surface area contributed by atoms with Gasteiger partial charge in [0.05, 0.1) is 5.90 Å². The first-order valence-corrected chi connectivity index (χ1v) is 5.72. The van der Waals surface area contributed by atoms with Gasteiger partial charge >= 0.3 is 0 Å². The molecule has 0 aliphatic carbocycles. The molecule has 68 valence electrons. The third-order valence-corrected chi connectivity index (χ3v) is 4.52. The monoisotopic (exact) mass is 200 g/mol.